The fourth-order valence-electron chi connectivity index (χ4n) is 1.96. The minimum Gasteiger partial charge on any atom is -0.496 e. The minimum absolute atomic E-state index is 0.0200. The number of aliphatic hydroxyl groups is 1. The molecule has 0 bridgehead atoms. The molecular formula is C13H20N2O5. The molecule has 0 saturated carbocycles. The van der Waals surface area contributed by atoms with Crippen LogP contribution in [0.5, 0.6) is 5.75 Å². The Morgan fingerprint density at radius 1 is 1.45 bits per heavy atom. The Hall–Kier alpha value is -1.70. The third-order valence-electron chi connectivity index (χ3n) is 2.80. The smallest absolute Gasteiger partial charge is 0.270 e. The van der Waals surface area contributed by atoms with Crippen LogP contribution in [-0.2, 0) is 11.3 Å². The summed E-state index contributed by atoms with van der Waals surface area (Å²) in [5.74, 6) is 0.587. The highest BCUT2D eigenvalue weighted by Crippen LogP contribution is 2.25. The van der Waals surface area contributed by atoms with Crippen molar-refractivity contribution in [3.63, 3.8) is 0 Å². The monoisotopic (exact) mass is 284 g/mol. The predicted octanol–water partition coefficient (Wildman–Crippen LogP) is 1.04. The van der Waals surface area contributed by atoms with Crippen LogP contribution in [0.4, 0.5) is 5.69 Å². The van der Waals surface area contributed by atoms with E-state index in [9.17, 15) is 15.2 Å². The van der Waals surface area contributed by atoms with Crippen molar-refractivity contribution < 1.29 is 19.5 Å². The summed E-state index contributed by atoms with van der Waals surface area (Å²) in [6.07, 6.45) is -0.602. The topological polar surface area (TPSA) is 85.1 Å². The zero-order valence-corrected chi connectivity index (χ0v) is 11.9. The van der Waals surface area contributed by atoms with Crippen LogP contribution in [0.3, 0.4) is 0 Å². The van der Waals surface area contributed by atoms with E-state index in [4.69, 9.17) is 9.47 Å². The van der Waals surface area contributed by atoms with Gasteiger partial charge in [-0.2, -0.15) is 0 Å². The van der Waals surface area contributed by atoms with E-state index in [1.54, 1.807) is 6.07 Å². The molecule has 0 amide bonds. The molecule has 7 nitrogen and oxygen atoms in total. The number of non-ortho nitro benzene ring substituents is 1. The number of hydrogen-bond donors (Lipinski definition) is 1. The van der Waals surface area contributed by atoms with Crippen molar-refractivity contribution in [2.45, 2.75) is 12.6 Å². The largest absolute Gasteiger partial charge is 0.496 e. The summed E-state index contributed by atoms with van der Waals surface area (Å²) in [4.78, 5) is 12.2. The van der Waals surface area contributed by atoms with E-state index in [0.29, 0.717) is 24.4 Å². The first-order valence-electron chi connectivity index (χ1n) is 6.14. The van der Waals surface area contributed by atoms with Gasteiger partial charge >= 0.3 is 0 Å². The quantitative estimate of drug-likeness (QED) is 0.567. The van der Waals surface area contributed by atoms with Crippen LogP contribution >= 0.6 is 0 Å². The van der Waals surface area contributed by atoms with Gasteiger partial charge in [-0.05, 0) is 13.1 Å². The average Bonchev–Trinajstić information content (AvgIpc) is 2.38. The number of aliphatic hydroxyl groups excluding tert-OH is 1. The lowest BCUT2D eigenvalue weighted by Crippen LogP contribution is -2.31. The molecule has 0 aromatic heterocycles. The molecule has 0 aliphatic heterocycles. The van der Waals surface area contributed by atoms with Crippen LogP contribution in [0.1, 0.15) is 5.56 Å². The molecule has 1 rings (SSSR count). The normalized spacial score (nSPS) is 12.4. The lowest BCUT2D eigenvalue weighted by molar-refractivity contribution is -0.384. The fourth-order valence-corrected chi connectivity index (χ4v) is 1.96. The van der Waals surface area contributed by atoms with Crippen LogP contribution in [-0.4, -0.2) is 55.5 Å². The number of benzene rings is 1. The van der Waals surface area contributed by atoms with Gasteiger partial charge in [-0.15, -0.1) is 0 Å². The van der Waals surface area contributed by atoms with Crippen molar-refractivity contribution in [1.29, 1.82) is 0 Å². The summed E-state index contributed by atoms with van der Waals surface area (Å²) >= 11 is 0. The van der Waals surface area contributed by atoms with Crippen molar-refractivity contribution in [3.05, 3.63) is 33.9 Å². The van der Waals surface area contributed by atoms with Crippen molar-refractivity contribution in [2.75, 3.05) is 34.4 Å². The maximum Gasteiger partial charge on any atom is 0.270 e. The zero-order chi connectivity index (χ0) is 15.1. The first-order valence-corrected chi connectivity index (χ1v) is 6.14. The van der Waals surface area contributed by atoms with E-state index in [2.05, 4.69) is 0 Å². The second-order valence-electron chi connectivity index (χ2n) is 4.56. The summed E-state index contributed by atoms with van der Waals surface area (Å²) in [6.45, 7) is 1.09. The maximum absolute atomic E-state index is 10.8. The Kier molecular flexibility index (Phi) is 6.37. The number of nitro groups is 1. The molecule has 1 N–H and O–H groups in total. The van der Waals surface area contributed by atoms with Crippen LogP contribution in [0.2, 0.25) is 0 Å². The summed E-state index contributed by atoms with van der Waals surface area (Å²) in [7, 11) is 4.86. The van der Waals surface area contributed by atoms with Crippen LogP contribution in [0.25, 0.3) is 0 Å². The van der Waals surface area contributed by atoms with Crippen LogP contribution in [0, 0.1) is 10.1 Å². The van der Waals surface area contributed by atoms with Gasteiger partial charge in [0.2, 0.25) is 0 Å². The Labute approximate surface area is 117 Å². The van der Waals surface area contributed by atoms with Gasteiger partial charge in [0.05, 0.1) is 24.7 Å². The number of rotatable bonds is 8. The molecule has 112 valence electrons. The van der Waals surface area contributed by atoms with Crippen LogP contribution < -0.4 is 4.74 Å². The van der Waals surface area contributed by atoms with Gasteiger partial charge in [-0.3, -0.25) is 15.0 Å². The fraction of sp³-hybridized carbons (Fsp3) is 0.538. The molecule has 0 spiro atoms. The number of nitro benzene ring substituents is 1. The number of nitrogens with zero attached hydrogens (tertiary/aromatic N) is 2. The van der Waals surface area contributed by atoms with Gasteiger partial charge in [0, 0.05) is 37.9 Å². The number of likely N-dealkylation sites (N-methyl/N-ethyl adjacent to an activating group) is 1. The van der Waals surface area contributed by atoms with Crippen molar-refractivity contribution >= 4 is 5.69 Å². The van der Waals surface area contributed by atoms with Gasteiger partial charge in [-0.25, -0.2) is 0 Å². The summed E-state index contributed by atoms with van der Waals surface area (Å²) in [5.41, 5.74) is 0.723. The molecule has 0 heterocycles. The van der Waals surface area contributed by atoms with E-state index < -0.39 is 11.0 Å². The first-order chi connectivity index (χ1) is 9.47. The Balaban J connectivity index is 2.78. The zero-order valence-electron chi connectivity index (χ0n) is 11.9. The van der Waals surface area contributed by atoms with E-state index in [1.807, 2.05) is 11.9 Å². The third kappa shape index (κ3) is 4.76. The molecule has 0 aliphatic carbocycles. The number of methoxy groups -OCH3 is 2. The summed E-state index contributed by atoms with van der Waals surface area (Å²) in [5, 5.41) is 20.5. The van der Waals surface area contributed by atoms with E-state index in [1.165, 1.54) is 26.4 Å². The number of hydrogen-bond acceptors (Lipinski definition) is 6. The highest BCUT2D eigenvalue weighted by Gasteiger charge is 2.14. The molecule has 0 radical (unpaired) electrons. The molecular weight excluding hydrogens is 264 g/mol. The maximum atomic E-state index is 10.8. The predicted molar refractivity (Wildman–Crippen MR) is 73.9 cm³/mol. The van der Waals surface area contributed by atoms with Gasteiger partial charge in [0.25, 0.3) is 5.69 Å². The van der Waals surface area contributed by atoms with E-state index >= 15 is 0 Å². The molecule has 1 aromatic carbocycles. The standard InChI is InChI=1S/C13H20N2O5/c1-14(8-12(16)9-19-2)7-10-6-11(15(17)18)4-5-13(10)20-3/h4-6,12,16H,7-9H2,1-3H3. The molecule has 1 unspecified atom stereocenters. The minimum atomic E-state index is -0.602. The van der Waals surface area contributed by atoms with Gasteiger partial charge in [0.1, 0.15) is 5.75 Å². The summed E-state index contributed by atoms with van der Waals surface area (Å²) in [6, 6.07) is 4.47. The molecule has 20 heavy (non-hydrogen) atoms. The van der Waals surface area contributed by atoms with Crippen LogP contribution in [0.15, 0.2) is 18.2 Å². The highest BCUT2D eigenvalue weighted by molar-refractivity contribution is 5.43. The molecule has 7 heteroatoms. The van der Waals surface area contributed by atoms with Gasteiger partial charge in [-0.1, -0.05) is 0 Å². The first kappa shape index (κ1) is 16.4. The van der Waals surface area contributed by atoms with E-state index in [0.717, 1.165) is 0 Å². The third-order valence-corrected chi connectivity index (χ3v) is 2.80. The number of ether oxygens (including phenoxy) is 2. The van der Waals surface area contributed by atoms with Crippen molar-refractivity contribution in [1.82, 2.24) is 4.90 Å². The van der Waals surface area contributed by atoms with Crippen molar-refractivity contribution in [2.24, 2.45) is 0 Å². The summed E-state index contributed by atoms with van der Waals surface area (Å²) < 4.78 is 10.1. The second-order valence-corrected chi connectivity index (χ2v) is 4.56. The molecule has 0 fully saturated rings. The average molecular weight is 284 g/mol. The lowest BCUT2D eigenvalue weighted by atomic mass is 10.1. The SMILES string of the molecule is COCC(O)CN(C)Cc1cc([N+](=O)[O-])ccc1OC. The molecule has 1 aromatic rings. The Morgan fingerprint density at radius 2 is 2.15 bits per heavy atom. The Bertz CT molecular complexity index is 452. The highest BCUT2D eigenvalue weighted by atomic mass is 16.6. The van der Waals surface area contributed by atoms with Gasteiger partial charge < -0.3 is 14.6 Å². The van der Waals surface area contributed by atoms with Crippen molar-refractivity contribution in [3.8, 4) is 5.75 Å². The van der Waals surface area contributed by atoms with E-state index in [-0.39, 0.29) is 12.3 Å². The molecule has 1 atom stereocenters. The molecule has 0 saturated heterocycles. The van der Waals surface area contributed by atoms with Gasteiger partial charge in [0.15, 0.2) is 0 Å². The molecule has 0 aliphatic rings. The lowest BCUT2D eigenvalue weighted by Gasteiger charge is -2.21. The second kappa shape index (κ2) is 7.78. The Morgan fingerprint density at radius 3 is 2.70 bits per heavy atom.